The minimum absolute atomic E-state index is 0.373. The number of nitrogens with zero attached hydrogens (tertiary/aromatic N) is 1. The van der Waals surface area contributed by atoms with Gasteiger partial charge in [-0.1, -0.05) is 0 Å². The highest BCUT2D eigenvalue weighted by atomic mass is 32.1. The second-order valence-electron chi connectivity index (χ2n) is 6.43. The summed E-state index contributed by atoms with van der Waals surface area (Å²) in [5, 5.41) is 6.98. The summed E-state index contributed by atoms with van der Waals surface area (Å²) in [4.78, 5) is 7.15. The summed E-state index contributed by atoms with van der Waals surface area (Å²) in [5.74, 6) is 0.907. The van der Waals surface area contributed by atoms with Crippen LogP contribution in [0.5, 0.6) is 0 Å². The standard InChI is InChI=1S/C17H29N3OS/c1-13(11-15-6-5-14(2)22-15)20-16(18-3)19-12-17(7-8-17)9-10-21-4/h5-6,13H,7-12H2,1-4H3,(H2,18,19,20). The molecule has 1 atom stereocenters. The molecule has 1 unspecified atom stereocenters. The highest BCUT2D eigenvalue weighted by molar-refractivity contribution is 7.11. The number of aryl methyl sites for hydroxylation is 1. The SMILES string of the molecule is CN=C(NCC1(CCOC)CC1)NC(C)Cc1ccc(C)s1. The van der Waals surface area contributed by atoms with Gasteiger partial charge in [0, 0.05) is 49.5 Å². The van der Waals surface area contributed by atoms with E-state index >= 15 is 0 Å². The van der Waals surface area contributed by atoms with Crippen LogP contribution in [0.25, 0.3) is 0 Å². The highest BCUT2D eigenvalue weighted by Crippen LogP contribution is 2.48. The van der Waals surface area contributed by atoms with Crippen LogP contribution in [0, 0.1) is 12.3 Å². The average Bonchev–Trinajstić information content (AvgIpc) is 3.16. The third kappa shape index (κ3) is 5.29. The van der Waals surface area contributed by atoms with Crippen molar-refractivity contribution in [2.24, 2.45) is 10.4 Å². The number of rotatable bonds is 8. The van der Waals surface area contributed by atoms with Gasteiger partial charge in [0.2, 0.25) is 0 Å². The topological polar surface area (TPSA) is 45.7 Å². The van der Waals surface area contributed by atoms with Gasteiger partial charge in [0.15, 0.2) is 5.96 Å². The molecule has 0 amide bonds. The maximum absolute atomic E-state index is 5.21. The van der Waals surface area contributed by atoms with Crippen LogP contribution in [0.2, 0.25) is 0 Å². The monoisotopic (exact) mass is 323 g/mol. The summed E-state index contributed by atoms with van der Waals surface area (Å²) in [7, 11) is 3.62. The molecule has 0 radical (unpaired) electrons. The maximum atomic E-state index is 5.21. The summed E-state index contributed by atoms with van der Waals surface area (Å²) in [6, 6.07) is 4.78. The first kappa shape index (κ1) is 17.3. The number of thiophene rings is 1. The molecule has 1 aromatic heterocycles. The molecule has 0 aromatic carbocycles. The minimum atomic E-state index is 0.373. The average molecular weight is 324 g/mol. The molecule has 1 aliphatic rings. The number of methoxy groups -OCH3 is 1. The fourth-order valence-electron chi connectivity index (χ4n) is 2.66. The van der Waals surface area contributed by atoms with Gasteiger partial charge in [-0.15, -0.1) is 11.3 Å². The molecule has 1 aliphatic carbocycles. The summed E-state index contributed by atoms with van der Waals surface area (Å²) in [6.07, 6.45) is 4.76. The Morgan fingerprint density at radius 3 is 2.77 bits per heavy atom. The van der Waals surface area contributed by atoms with Crippen LogP contribution in [-0.4, -0.2) is 39.3 Å². The van der Waals surface area contributed by atoms with Gasteiger partial charge in [-0.3, -0.25) is 4.99 Å². The van der Waals surface area contributed by atoms with E-state index in [1.165, 1.54) is 22.6 Å². The van der Waals surface area contributed by atoms with Crippen LogP contribution in [0.3, 0.4) is 0 Å². The zero-order valence-electron chi connectivity index (χ0n) is 14.2. The van der Waals surface area contributed by atoms with E-state index in [1.54, 1.807) is 7.11 Å². The third-order valence-corrected chi connectivity index (χ3v) is 5.36. The molecule has 1 saturated carbocycles. The Balaban J connectivity index is 1.75. The summed E-state index contributed by atoms with van der Waals surface area (Å²) in [5.41, 5.74) is 0.432. The lowest BCUT2D eigenvalue weighted by molar-refractivity contribution is 0.172. The number of aliphatic imine (C=N–C) groups is 1. The van der Waals surface area contributed by atoms with Crippen molar-refractivity contribution in [3.05, 3.63) is 21.9 Å². The molecular formula is C17H29N3OS. The van der Waals surface area contributed by atoms with Gasteiger partial charge >= 0.3 is 0 Å². The molecule has 5 heteroatoms. The fourth-order valence-corrected chi connectivity index (χ4v) is 3.68. The van der Waals surface area contributed by atoms with Gasteiger partial charge in [0.25, 0.3) is 0 Å². The van der Waals surface area contributed by atoms with E-state index in [4.69, 9.17) is 4.74 Å². The van der Waals surface area contributed by atoms with Gasteiger partial charge in [-0.2, -0.15) is 0 Å². The quantitative estimate of drug-likeness (QED) is 0.571. The lowest BCUT2D eigenvalue weighted by Gasteiger charge is -2.21. The Morgan fingerprint density at radius 2 is 2.23 bits per heavy atom. The number of nitrogens with one attached hydrogen (secondary N) is 2. The third-order valence-electron chi connectivity index (χ3n) is 4.33. The molecule has 22 heavy (non-hydrogen) atoms. The lowest BCUT2D eigenvalue weighted by Crippen LogP contribution is -2.45. The van der Waals surface area contributed by atoms with E-state index in [0.717, 1.165) is 32.0 Å². The van der Waals surface area contributed by atoms with Crippen molar-refractivity contribution in [1.82, 2.24) is 10.6 Å². The molecule has 1 aromatic rings. The molecular weight excluding hydrogens is 294 g/mol. The number of guanidine groups is 1. The van der Waals surface area contributed by atoms with Gasteiger partial charge in [-0.25, -0.2) is 0 Å². The Kier molecular flexibility index (Phi) is 6.26. The number of hydrogen-bond donors (Lipinski definition) is 2. The first-order valence-corrected chi connectivity index (χ1v) is 8.90. The molecule has 1 fully saturated rings. The summed E-state index contributed by atoms with van der Waals surface area (Å²) in [6.45, 7) is 6.20. The van der Waals surface area contributed by atoms with E-state index in [2.05, 4.69) is 41.6 Å². The van der Waals surface area contributed by atoms with Crippen LogP contribution in [0.1, 0.15) is 35.9 Å². The van der Waals surface area contributed by atoms with E-state index in [9.17, 15) is 0 Å². The second-order valence-corrected chi connectivity index (χ2v) is 7.80. The largest absolute Gasteiger partial charge is 0.385 e. The van der Waals surface area contributed by atoms with Crippen molar-refractivity contribution >= 4 is 17.3 Å². The Labute approximate surface area is 138 Å². The Morgan fingerprint density at radius 1 is 1.45 bits per heavy atom. The second kappa shape index (κ2) is 7.97. The summed E-state index contributed by atoms with van der Waals surface area (Å²) < 4.78 is 5.21. The predicted octanol–water partition coefficient (Wildman–Crippen LogP) is 2.97. The van der Waals surface area contributed by atoms with E-state index < -0.39 is 0 Å². The van der Waals surface area contributed by atoms with E-state index in [-0.39, 0.29) is 0 Å². The van der Waals surface area contributed by atoms with Crippen LogP contribution >= 0.6 is 11.3 Å². The van der Waals surface area contributed by atoms with Crippen molar-refractivity contribution in [2.45, 2.75) is 45.6 Å². The minimum Gasteiger partial charge on any atom is -0.385 e. The molecule has 0 saturated heterocycles. The van der Waals surface area contributed by atoms with Crippen LogP contribution < -0.4 is 10.6 Å². The van der Waals surface area contributed by atoms with Gasteiger partial charge in [-0.05, 0) is 50.7 Å². The normalized spacial score (nSPS) is 18.1. The molecule has 0 spiro atoms. The maximum Gasteiger partial charge on any atom is 0.191 e. The van der Waals surface area contributed by atoms with Crippen LogP contribution in [-0.2, 0) is 11.2 Å². The fraction of sp³-hybridized carbons (Fsp3) is 0.706. The van der Waals surface area contributed by atoms with Gasteiger partial charge < -0.3 is 15.4 Å². The Bertz CT molecular complexity index is 494. The molecule has 1 heterocycles. The lowest BCUT2D eigenvalue weighted by atomic mass is 10.0. The van der Waals surface area contributed by atoms with Crippen LogP contribution in [0.15, 0.2) is 17.1 Å². The first-order chi connectivity index (χ1) is 10.6. The van der Waals surface area contributed by atoms with Crippen molar-refractivity contribution in [3.8, 4) is 0 Å². The van der Waals surface area contributed by atoms with Crippen molar-refractivity contribution in [3.63, 3.8) is 0 Å². The van der Waals surface area contributed by atoms with Crippen molar-refractivity contribution in [1.29, 1.82) is 0 Å². The molecule has 0 aliphatic heterocycles. The van der Waals surface area contributed by atoms with E-state index in [1.807, 2.05) is 18.4 Å². The molecule has 2 N–H and O–H groups in total. The molecule has 124 valence electrons. The number of ether oxygens (including phenoxy) is 1. The molecule has 4 nitrogen and oxygen atoms in total. The van der Waals surface area contributed by atoms with Crippen LogP contribution in [0.4, 0.5) is 0 Å². The van der Waals surface area contributed by atoms with Crippen molar-refractivity contribution < 1.29 is 4.74 Å². The smallest absolute Gasteiger partial charge is 0.191 e. The number of hydrogen-bond acceptors (Lipinski definition) is 3. The first-order valence-electron chi connectivity index (χ1n) is 8.08. The van der Waals surface area contributed by atoms with Gasteiger partial charge in [0.1, 0.15) is 0 Å². The molecule has 0 bridgehead atoms. The van der Waals surface area contributed by atoms with Crippen molar-refractivity contribution in [2.75, 3.05) is 27.3 Å². The van der Waals surface area contributed by atoms with E-state index in [0.29, 0.717) is 11.5 Å². The highest BCUT2D eigenvalue weighted by Gasteiger charge is 2.41. The Hall–Kier alpha value is -1.07. The van der Waals surface area contributed by atoms with Gasteiger partial charge in [0.05, 0.1) is 0 Å². The zero-order valence-corrected chi connectivity index (χ0v) is 15.1. The summed E-state index contributed by atoms with van der Waals surface area (Å²) >= 11 is 1.87. The zero-order chi connectivity index (χ0) is 16.0. The molecule has 2 rings (SSSR count). The predicted molar refractivity (Wildman–Crippen MR) is 94.9 cm³/mol.